The lowest BCUT2D eigenvalue weighted by molar-refractivity contribution is -0.140. The Morgan fingerprint density at radius 1 is 1.00 bits per heavy atom. The van der Waals surface area contributed by atoms with E-state index in [0.717, 1.165) is 23.1 Å². The van der Waals surface area contributed by atoms with Gasteiger partial charge in [0.2, 0.25) is 0 Å². The molecule has 0 radical (unpaired) electrons. The van der Waals surface area contributed by atoms with Crippen molar-refractivity contribution in [1.82, 2.24) is 4.90 Å². The lowest BCUT2D eigenvalue weighted by Gasteiger charge is -2.26. The van der Waals surface area contributed by atoms with Gasteiger partial charge in [-0.05, 0) is 61.2 Å². The molecular weight excluding hydrogens is 442 g/mol. The van der Waals surface area contributed by atoms with E-state index in [0.29, 0.717) is 23.5 Å². The second kappa shape index (κ2) is 10.1. The SMILES string of the molecule is CCCOc1cccc(/C(O)=C2\C(=O)C(=O)N(Cc3cc(C)ccc3C)C2c2ccc(O)cc2)c1. The number of aliphatic hydroxyl groups excluding tert-OH is 1. The molecule has 0 aliphatic carbocycles. The van der Waals surface area contributed by atoms with Crippen molar-refractivity contribution in [2.24, 2.45) is 0 Å². The summed E-state index contributed by atoms with van der Waals surface area (Å²) in [7, 11) is 0. The standard InChI is InChI=1S/C29H29NO5/c1-4-14-35-24-7-5-6-21(16-24)27(32)25-26(20-10-12-23(31)13-11-20)30(29(34)28(25)33)17-22-15-18(2)8-9-19(22)3/h5-13,15-16,26,31-32H,4,14,17H2,1-3H3/b27-25+. The highest BCUT2D eigenvalue weighted by Gasteiger charge is 2.46. The normalized spacial score (nSPS) is 17.1. The fourth-order valence-corrected chi connectivity index (χ4v) is 4.31. The number of hydrogen-bond acceptors (Lipinski definition) is 5. The van der Waals surface area contributed by atoms with E-state index in [-0.39, 0.29) is 23.6 Å². The lowest BCUT2D eigenvalue weighted by Crippen LogP contribution is -2.29. The average molecular weight is 472 g/mol. The Hall–Kier alpha value is -4.06. The topological polar surface area (TPSA) is 87.1 Å². The van der Waals surface area contributed by atoms with E-state index < -0.39 is 17.7 Å². The summed E-state index contributed by atoms with van der Waals surface area (Å²) in [5.41, 5.74) is 4.00. The van der Waals surface area contributed by atoms with Gasteiger partial charge in [-0.3, -0.25) is 9.59 Å². The van der Waals surface area contributed by atoms with E-state index in [1.54, 1.807) is 36.4 Å². The largest absolute Gasteiger partial charge is 0.508 e. The van der Waals surface area contributed by atoms with Crippen molar-refractivity contribution in [3.8, 4) is 11.5 Å². The van der Waals surface area contributed by atoms with Gasteiger partial charge in [0.25, 0.3) is 11.7 Å². The van der Waals surface area contributed by atoms with E-state index in [2.05, 4.69) is 0 Å². The van der Waals surface area contributed by atoms with Crippen LogP contribution in [0.4, 0.5) is 0 Å². The van der Waals surface area contributed by atoms with Crippen molar-refractivity contribution in [2.45, 2.75) is 39.8 Å². The van der Waals surface area contributed by atoms with Gasteiger partial charge in [-0.2, -0.15) is 0 Å². The predicted molar refractivity (Wildman–Crippen MR) is 134 cm³/mol. The van der Waals surface area contributed by atoms with Crippen LogP contribution in [-0.4, -0.2) is 33.4 Å². The van der Waals surface area contributed by atoms with E-state index in [1.807, 2.05) is 39.0 Å². The highest BCUT2D eigenvalue weighted by Crippen LogP contribution is 2.41. The number of aliphatic hydroxyl groups is 1. The van der Waals surface area contributed by atoms with E-state index in [1.165, 1.54) is 17.0 Å². The number of benzene rings is 3. The van der Waals surface area contributed by atoms with Gasteiger partial charge in [-0.1, -0.05) is 55.0 Å². The van der Waals surface area contributed by atoms with Crippen molar-refractivity contribution < 1.29 is 24.5 Å². The first kappa shape index (κ1) is 24.1. The van der Waals surface area contributed by atoms with Gasteiger partial charge in [0.15, 0.2) is 0 Å². The van der Waals surface area contributed by atoms with Crippen LogP contribution in [0.3, 0.4) is 0 Å². The van der Waals surface area contributed by atoms with Crippen molar-refractivity contribution in [1.29, 1.82) is 0 Å². The van der Waals surface area contributed by atoms with Gasteiger partial charge in [0, 0.05) is 12.1 Å². The van der Waals surface area contributed by atoms with Gasteiger partial charge in [0.1, 0.15) is 17.3 Å². The molecular formula is C29H29NO5. The van der Waals surface area contributed by atoms with E-state index >= 15 is 0 Å². The van der Waals surface area contributed by atoms with E-state index in [4.69, 9.17) is 4.74 Å². The Balaban J connectivity index is 1.84. The number of phenols is 1. The fraction of sp³-hybridized carbons (Fsp3) is 0.241. The molecule has 1 aliphatic rings. The summed E-state index contributed by atoms with van der Waals surface area (Å²) in [4.78, 5) is 28.0. The number of hydrogen-bond donors (Lipinski definition) is 2. The number of likely N-dealkylation sites (tertiary alicyclic amines) is 1. The summed E-state index contributed by atoms with van der Waals surface area (Å²) in [5.74, 6) is -1.04. The first-order chi connectivity index (χ1) is 16.8. The molecule has 1 heterocycles. The number of carbonyl (C=O) groups excluding carboxylic acids is 2. The molecule has 1 unspecified atom stereocenters. The van der Waals surface area contributed by atoms with Gasteiger partial charge < -0.3 is 19.8 Å². The number of aryl methyl sites for hydroxylation is 2. The number of phenolic OH excluding ortho intramolecular Hbond substituents is 1. The summed E-state index contributed by atoms with van der Waals surface area (Å²) < 4.78 is 5.68. The van der Waals surface area contributed by atoms with Crippen LogP contribution >= 0.6 is 0 Å². The molecule has 4 rings (SSSR count). The fourth-order valence-electron chi connectivity index (χ4n) is 4.31. The molecule has 6 nitrogen and oxygen atoms in total. The van der Waals surface area contributed by atoms with Crippen LogP contribution in [0.5, 0.6) is 11.5 Å². The summed E-state index contributed by atoms with van der Waals surface area (Å²) in [6.07, 6.45) is 0.834. The average Bonchev–Trinajstić information content (AvgIpc) is 3.10. The van der Waals surface area contributed by atoms with Gasteiger partial charge in [0.05, 0.1) is 18.2 Å². The highest BCUT2D eigenvalue weighted by atomic mass is 16.5. The molecule has 0 spiro atoms. The van der Waals surface area contributed by atoms with Crippen LogP contribution in [0.25, 0.3) is 5.76 Å². The smallest absolute Gasteiger partial charge is 0.295 e. The molecule has 0 saturated carbocycles. The first-order valence-electron chi connectivity index (χ1n) is 11.7. The molecule has 3 aromatic rings. The maximum Gasteiger partial charge on any atom is 0.295 e. The first-order valence-corrected chi connectivity index (χ1v) is 11.7. The molecule has 2 N–H and O–H groups in total. The third-order valence-electron chi connectivity index (χ3n) is 6.17. The molecule has 3 aromatic carbocycles. The third-order valence-corrected chi connectivity index (χ3v) is 6.17. The summed E-state index contributed by atoms with van der Waals surface area (Å²) >= 11 is 0. The van der Waals surface area contributed by atoms with Gasteiger partial charge in [-0.25, -0.2) is 0 Å². The van der Waals surface area contributed by atoms with E-state index in [9.17, 15) is 19.8 Å². The predicted octanol–water partition coefficient (Wildman–Crippen LogP) is 5.42. The van der Waals surface area contributed by atoms with Crippen molar-refractivity contribution in [3.63, 3.8) is 0 Å². The minimum Gasteiger partial charge on any atom is -0.508 e. The van der Waals surface area contributed by atoms with Crippen LogP contribution in [0.15, 0.2) is 72.3 Å². The molecule has 6 heteroatoms. The summed E-state index contributed by atoms with van der Waals surface area (Å²) in [6, 6.07) is 18.4. The van der Waals surface area contributed by atoms with Gasteiger partial charge >= 0.3 is 0 Å². The molecule has 1 atom stereocenters. The van der Waals surface area contributed by atoms with Crippen molar-refractivity contribution in [2.75, 3.05) is 6.61 Å². The number of Topliss-reactive ketones (excluding diaryl/α,β-unsaturated/α-hetero) is 1. The molecule has 1 fully saturated rings. The Morgan fingerprint density at radius 2 is 1.74 bits per heavy atom. The van der Waals surface area contributed by atoms with Crippen LogP contribution in [0.2, 0.25) is 0 Å². The zero-order valence-corrected chi connectivity index (χ0v) is 20.1. The molecule has 0 bridgehead atoms. The number of carbonyl (C=O) groups is 2. The molecule has 180 valence electrons. The Morgan fingerprint density at radius 3 is 2.46 bits per heavy atom. The monoisotopic (exact) mass is 471 g/mol. The van der Waals surface area contributed by atoms with Crippen LogP contribution in [0, 0.1) is 13.8 Å². The maximum atomic E-state index is 13.3. The maximum absolute atomic E-state index is 13.3. The number of ether oxygens (including phenoxy) is 1. The minimum atomic E-state index is -0.810. The summed E-state index contributed by atoms with van der Waals surface area (Å²) in [6.45, 7) is 6.67. The Kier molecular flexibility index (Phi) is 6.92. The third kappa shape index (κ3) is 4.92. The second-order valence-corrected chi connectivity index (χ2v) is 8.82. The number of nitrogens with zero attached hydrogens (tertiary/aromatic N) is 1. The Bertz CT molecular complexity index is 1290. The summed E-state index contributed by atoms with van der Waals surface area (Å²) in [5, 5.41) is 21.1. The second-order valence-electron chi connectivity index (χ2n) is 8.82. The minimum absolute atomic E-state index is 0.0126. The van der Waals surface area contributed by atoms with Crippen LogP contribution in [0.1, 0.15) is 47.2 Å². The van der Waals surface area contributed by atoms with Gasteiger partial charge in [-0.15, -0.1) is 0 Å². The lowest BCUT2D eigenvalue weighted by atomic mass is 9.94. The zero-order valence-electron chi connectivity index (χ0n) is 20.1. The van der Waals surface area contributed by atoms with Crippen molar-refractivity contribution in [3.05, 3.63) is 100 Å². The molecule has 0 aromatic heterocycles. The Labute approximate surface area is 205 Å². The zero-order chi connectivity index (χ0) is 25.1. The molecule has 1 aliphatic heterocycles. The number of amides is 1. The molecule has 1 amide bonds. The number of rotatable bonds is 7. The van der Waals surface area contributed by atoms with Crippen LogP contribution < -0.4 is 4.74 Å². The number of aromatic hydroxyl groups is 1. The number of ketones is 1. The molecule has 1 saturated heterocycles. The highest BCUT2D eigenvalue weighted by molar-refractivity contribution is 6.46. The van der Waals surface area contributed by atoms with Crippen molar-refractivity contribution >= 4 is 17.4 Å². The van der Waals surface area contributed by atoms with Crippen LogP contribution in [-0.2, 0) is 16.1 Å². The molecule has 35 heavy (non-hydrogen) atoms. The quantitative estimate of drug-likeness (QED) is 0.273.